The highest BCUT2D eigenvalue weighted by Crippen LogP contribution is 2.23. The number of hydrogen-bond acceptors (Lipinski definition) is 5. The van der Waals surface area contributed by atoms with Gasteiger partial charge in [-0.15, -0.1) is 0 Å². The first kappa shape index (κ1) is 20.0. The molecule has 3 heterocycles. The Kier molecular flexibility index (Phi) is 5.48. The number of ketones is 1. The van der Waals surface area contributed by atoms with Gasteiger partial charge in [-0.05, 0) is 23.0 Å². The Morgan fingerprint density at radius 1 is 1.17 bits per heavy atom. The Hall–Kier alpha value is -3.28. The first-order chi connectivity index (χ1) is 14.4. The minimum atomic E-state index is 0.0611. The molecule has 30 heavy (non-hydrogen) atoms. The van der Waals surface area contributed by atoms with Gasteiger partial charge in [0.1, 0.15) is 5.82 Å². The van der Waals surface area contributed by atoms with Crippen molar-refractivity contribution in [3.63, 3.8) is 0 Å². The van der Waals surface area contributed by atoms with Gasteiger partial charge in [0.05, 0.1) is 18.3 Å². The van der Waals surface area contributed by atoms with Crippen molar-refractivity contribution in [1.82, 2.24) is 14.6 Å². The number of anilines is 1. The smallest absolute Gasteiger partial charge is 0.168 e. The predicted molar refractivity (Wildman–Crippen MR) is 120 cm³/mol. The Morgan fingerprint density at radius 3 is 2.67 bits per heavy atom. The van der Waals surface area contributed by atoms with Gasteiger partial charge in [0, 0.05) is 43.1 Å². The summed E-state index contributed by atoms with van der Waals surface area (Å²) in [7, 11) is 0. The van der Waals surface area contributed by atoms with Crippen LogP contribution in [0.1, 0.15) is 55.2 Å². The van der Waals surface area contributed by atoms with E-state index in [-0.39, 0.29) is 17.6 Å². The fourth-order valence-corrected chi connectivity index (χ4v) is 3.50. The number of hydrogen-bond donors (Lipinski definition) is 1. The lowest BCUT2D eigenvalue weighted by atomic mass is 9.86. The number of nitrogens with zero attached hydrogens (tertiary/aromatic N) is 4. The largest absolute Gasteiger partial charge is 0.370 e. The zero-order valence-corrected chi connectivity index (χ0v) is 17.7. The van der Waals surface area contributed by atoms with Crippen molar-refractivity contribution in [2.45, 2.75) is 45.4 Å². The van der Waals surface area contributed by atoms with E-state index in [9.17, 15) is 4.79 Å². The number of Topliss-reactive ketones (excluding diaryl/α,β-unsaturated/α-hetero) is 1. The molecule has 1 aliphatic heterocycles. The van der Waals surface area contributed by atoms with Crippen LogP contribution < -0.4 is 5.32 Å². The third-order valence-electron chi connectivity index (χ3n) is 5.30. The molecule has 3 aromatic rings. The maximum atomic E-state index is 12.8. The fraction of sp³-hybridized carbons (Fsp3) is 0.333. The number of fused-ring (bicyclic) bond motifs is 1. The van der Waals surface area contributed by atoms with Crippen molar-refractivity contribution in [2.75, 3.05) is 11.9 Å². The molecule has 0 aliphatic carbocycles. The van der Waals surface area contributed by atoms with E-state index in [0.29, 0.717) is 5.56 Å². The van der Waals surface area contributed by atoms with Gasteiger partial charge in [-0.1, -0.05) is 45.0 Å². The van der Waals surface area contributed by atoms with Crippen molar-refractivity contribution in [3.05, 3.63) is 71.2 Å². The van der Waals surface area contributed by atoms with Gasteiger partial charge in [0.25, 0.3) is 0 Å². The van der Waals surface area contributed by atoms with Gasteiger partial charge < -0.3 is 5.32 Å². The molecule has 0 fully saturated rings. The van der Waals surface area contributed by atoms with Crippen LogP contribution in [0.15, 0.2) is 59.4 Å². The van der Waals surface area contributed by atoms with Gasteiger partial charge >= 0.3 is 0 Å². The van der Waals surface area contributed by atoms with Gasteiger partial charge in [-0.3, -0.25) is 9.79 Å². The number of carbonyl (C=O) groups excluding carboxylic acids is 1. The van der Waals surface area contributed by atoms with Crippen LogP contribution in [0, 0.1) is 0 Å². The number of benzene rings is 1. The van der Waals surface area contributed by atoms with Crippen LogP contribution in [0.2, 0.25) is 0 Å². The van der Waals surface area contributed by atoms with E-state index < -0.39 is 0 Å². The summed E-state index contributed by atoms with van der Waals surface area (Å²) in [4.78, 5) is 21.6. The van der Waals surface area contributed by atoms with E-state index in [0.717, 1.165) is 36.5 Å². The molecule has 0 amide bonds. The quantitative estimate of drug-likeness (QED) is 0.587. The summed E-state index contributed by atoms with van der Waals surface area (Å²) >= 11 is 0. The first-order valence-electron chi connectivity index (χ1n) is 10.3. The molecule has 0 atom stereocenters. The standard InChI is InChI=1S/C24H27N5O/c1-24(2,3)19-6-4-18(5-7-19)21(30)14-20-15-23(29-22(28-20)10-13-27-29)26-12-9-17-8-11-25-16-17/h4-7,10-11,13,15-16,26H,8-9,12,14H2,1-3H3. The molecule has 0 saturated carbocycles. The molecule has 0 spiro atoms. The molecule has 6 nitrogen and oxygen atoms in total. The van der Waals surface area contributed by atoms with Crippen molar-refractivity contribution in [3.8, 4) is 0 Å². The van der Waals surface area contributed by atoms with Crippen LogP contribution in [0.5, 0.6) is 0 Å². The molecule has 154 valence electrons. The zero-order valence-electron chi connectivity index (χ0n) is 17.7. The van der Waals surface area contributed by atoms with E-state index in [1.165, 1.54) is 11.1 Å². The van der Waals surface area contributed by atoms with Gasteiger partial charge in [-0.2, -0.15) is 9.61 Å². The Labute approximate surface area is 176 Å². The number of aromatic nitrogens is 3. The molecule has 0 saturated heterocycles. The number of carbonyl (C=O) groups is 1. The summed E-state index contributed by atoms with van der Waals surface area (Å²) in [5.41, 5.74) is 4.76. The third kappa shape index (κ3) is 4.48. The maximum Gasteiger partial charge on any atom is 0.168 e. The van der Waals surface area contributed by atoms with E-state index in [4.69, 9.17) is 0 Å². The molecule has 1 N–H and O–H groups in total. The maximum absolute atomic E-state index is 12.8. The minimum Gasteiger partial charge on any atom is -0.370 e. The van der Waals surface area contributed by atoms with Gasteiger partial charge in [-0.25, -0.2) is 4.98 Å². The highest BCUT2D eigenvalue weighted by atomic mass is 16.1. The summed E-state index contributed by atoms with van der Waals surface area (Å²) in [6, 6.07) is 11.7. The van der Waals surface area contributed by atoms with Crippen LogP contribution in [0.4, 0.5) is 5.82 Å². The van der Waals surface area contributed by atoms with Gasteiger partial charge in [0.15, 0.2) is 11.4 Å². The summed E-state index contributed by atoms with van der Waals surface area (Å²) in [5, 5.41) is 7.78. The monoisotopic (exact) mass is 401 g/mol. The second-order valence-corrected chi connectivity index (χ2v) is 8.66. The Bertz CT molecular complexity index is 1120. The summed E-state index contributed by atoms with van der Waals surface area (Å²) < 4.78 is 1.77. The van der Waals surface area contributed by atoms with E-state index in [1.54, 1.807) is 10.7 Å². The molecule has 1 aromatic carbocycles. The van der Waals surface area contributed by atoms with E-state index in [1.807, 2.05) is 48.8 Å². The average molecular weight is 402 g/mol. The number of rotatable bonds is 7. The average Bonchev–Trinajstić information content (AvgIpc) is 3.39. The van der Waals surface area contributed by atoms with Crippen molar-refractivity contribution >= 4 is 23.5 Å². The molecular formula is C24H27N5O. The van der Waals surface area contributed by atoms with Crippen molar-refractivity contribution in [2.24, 2.45) is 4.99 Å². The van der Waals surface area contributed by atoms with Crippen LogP contribution in [0.25, 0.3) is 5.65 Å². The lowest BCUT2D eigenvalue weighted by molar-refractivity contribution is 0.0992. The van der Waals surface area contributed by atoms with Crippen LogP contribution in [-0.4, -0.2) is 33.1 Å². The third-order valence-corrected chi connectivity index (χ3v) is 5.30. The summed E-state index contributed by atoms with van der Waals surface area (Å²) in [6.45, 7) is 7.27. The normalized spacial score (nSPS) is 13.6. The summed E-state index contributed by atoms with van der Waals surface area (Å²) in [5.74, 6) is 0.904. The topological polar surface area (TPSA) is 71.7 Å². The second-order valence-electron chi connectivity index (χ2n) is 8.66. The minimum absolute atomic E-state index is 0.0611. The predicted octanol–water partition coefficient (Wildman–Crippen LogP) is 4.61. The Balaban J connectivity index is 1.48. The van der Waals surface area contributed by atoms with E-state index in [2.05, 4.69) is 41.2 Å². The lowest BCUT2D eigenvalue weighted by Crippen LogP contribution is -2.13. The van der Waals surface area contributed by atoms with Crippen molar-refractivity contribution in [1.29, 1.82) is 0 Å². The van der Waals surface area contributed by atoms with E-state index >= 15 is 0 Å². The SMILES string of the molecule is CC(C)(C)c1ccc(C(=O)Cc2cc(NCCC3=CN=CC3)n3nccc3n2)cc1. The number of nitrogens with one attached hydrogen (secondary N) is 1. The highest BCUT2D eigenvalue weighted by molar-refractivity contribution is 5.97. The van der Waals surface area contributed by atoms with Crippen molar-refractivity contribution < 1.29 is 4.79 Å². The lowest BCUT2D eigenvalue weighted by Gasteiger charge is -2.19. The zero-order chi connectivity index (χ0) is 21.1. The van der Waals surface area contributed by atoms with Crippen LogP contribution >= 0.6 is 0 Å². The molecular weight excluding hydrogens is 374 g/mol. The second kappa shape index (κ2) is 8.22. The molecule has 1 aliphatic rings. The molecule has 4 rings (SSSR count). The van der Waals surface area contributed by atoms with Crippen LogP contribution in [0.3, 0.4) is 0 Å². The molecule has 6 heteroatoms. The highest BCUT2D eigenvalue weighted by Gasteiger charge is 2.16. The van der Waals surface area contributed by atoms with Gasteiger partial charge in [0.2, 0.25) is 0 Å². The fourth-order valence-electron chi connectivity index (χ4n) is 3.50. The molecule has 0 unspecified atom stereocenters. The first-order valence-corrected chi connectivity index (χ1v) is 10.3. The Morgan fingerprint density at radius 2 is 1.97 bits per heavy atom. The molecule has 2 aromatic heterocycles. The molecule has 0 bridgehead atoms. The summed E-state index contributed by atoms with van der Waals surface area (Å²) in [6.07, 6.45) is 7.66. The molecule has 0 radical (unpaired) electrons. The van der Waals surface area contributed by atoms with Crippen LogP contribution in [-0.2, 0) is 11.8 Å². The number of aliphatic imine (C=N–C) groups is 1.